The van der Waals surface area contributed by atoms with Gasteiger partial charge < -0.3 is 0 Å². The fraction of sp³-hybridized carbons (Fsp3) is 0.625. The minimum Gasteiger partial charge on any atom is -0.232 e. The van der Waals surface area contributed by atoms with E-state index in [9.17, 15) is 0 Å². The van der Waals surface area contributed by atoms with Gasteiger partial charge in [-0.2, -0.15) is 0 Å². The number of rotatable bonds is 11. The molecular weight excluding hydrogens is 448 g/mol. The molecule has 0 saturated carbocycles. The Kier molecular flexibility index (Phi) is 12.8. The van der Waals surface area contributed by atoms with Gasteiger partial charge >= 0.3 is 0 Å². The maximum absolute atomic E-state index is 5.73. The molecule has 0 amide bonds. The Morgan fingerprint density at radius 1 is 0.583 bits per heavy atom. The molecule has 0 fully saturated rings. The Bertz CT molecular complexity index is 778. The molecule has 0 aliphatic rings. The quantitative estimate of drug-likeness (QED) is 0.175. The third-order valence-corrected chi connectivity index (χ3v) is 5.85. The molecule has 4 nitrogen and oxygen atoms in total. The van der Waals surface area contributed by atoms with Crippen LogP contribution in [0.5, 0.6) is 0 Å². The lowest BCUT2D eigenvalue weighted by molar-refractivity contribution is -0.410. The first kappa shape index (κ1) is 32.3. The van der Waals surface area contributed by atoms with E-state index >= 15 is 0 Å². The van der Waals surface area contributed by atoms with Crippen molar-refractivity contribution in [2.24, 2.45) is 5.41 Å². The van der Waals surface area contributed by atoms with E-state index in [1.54, 1.807) is 0 Å². The molecule has 36 heavy (non-hydrogen) atoms. The molecule has 0 spiro atoms. The third-order valence-electron chi connectivity index (χ3n) is 5.85. The lowest BCUT2D eigenvalue weighted by atomic mass is 9.86. The van der Waals surface area contributed by atoms with Gasteiger partial charge in [0.1, 0.15) is 11.2 Å². The SMILES string of the molecule is CC(C)(OOC(C)(C)c1ccccc1)c1ccccc1.CCCCCC(OOC(C)(C)C)C(C)(C)C. The van der Waals surface area contributed by atoms with Crippen LogP contribution in [0, 0.1) is 5.41 Å². The number of unbranched alkanes of at least 4 members (excludes halogenated alkanes) is 2. The van der Waals surface area contributed by atoms with E-state index in [0.29, 0.717) is 0 Å². The predicted molar refractivity (Wildman–Crippen MR) is 150 cm³/mol. The van der Waals surface area contributed by atoms with E-state index in [4.69, 9.17) is 19.6 Å². The van der Waals surface area contributed by atoms with Crippen molar-refractivity contribution in [2.75, 3.05) is 0 Å². The van der Waals surface area contributed by atoms with Crippen LogP contribution in [-0.4, -0.2) is 11.7 Å². The third kappa shape index (κ3) is 12.5. The van der Waals surface area contributed by atoms with Crippen molar-refractivity contribution in [3.05, 3.63) is 71.8 Å². The van der Waals surface area contributed by atoms with Crippen LogP contribution >= 0.6 is 0 Å². The molecule has 0 heterocycles. The summed E-state index contributed by atoms with van der Waals surface area (Å²) in [6.07, 6.45) is 4.99. The molecule has 0 bridgehead atoms. The van der Waals surface area contributed by atoms with Gasteiger partial charge in [-0.1, -0.05) is 108 Å². The maximum atomic E-state index is 5.73. The minimum absolute atomic E-state index is 0.138. The average molecular weight is 501 g/mol. The minimum atomic E-state index is -0.493. The zero-order valence-corrected chi connectivity index (χ0v) is 24.8. The molecule has 0 radical (unpaired) electrons. The highest BCUT2D eigenvalue weighted by atomic mass is 17.2. The molecule has 0 aliphatic heterocycles. The zero-order chi connectivity index (χ0) is 27.5. The lowest BCUT2D eigenvalue weighted by Gasteiger charge is -2.32. The monoisotopic (exact) mass is 500 g/mol. The van der Waals surface area contributed by atoms with Crippen LogP contribution in [0.15, 0.2) is 60.7 Å². The standard InChI is InChI=1S/C18H22O2.C14H30O2/c1-17(2,15-11-7-5-8-12-15)19-20-18(3,4)16-13-9-6-10-14-16;1-8-9-10-11-12(13(2,3)4)15-16-14(5,6)7/h5-14H,1-4H3;12H,8-11H2,1-7H3. The van der Waals surface area contributed by atoms with Gasteiger partial charge in [-0.3, -0.25) is 0 Å². The van der Waals surface area contributed by atoms with Crippen molar-refractivity contribution in [3.63, 3.8) is 0 Å². The summed E-state index contributed by atoms with van der Waals surface area (Å²) >= 11 is 0. The number of benzene rings is 2. The topological polar surface area (TPSA) is 36.9 Å². The van der Waals surface area contributed by atoms with Gasteiger partial charge in [0.15, 0.2) is 0 Å². The maximum Gasteiger partial charge on any atom is 0.123 e. The van der Waals surface area contributed by atoms with Crippen molar-refractivity contribution < 1.29 is 19.6 Å². The highest BCUT2D eigenvalue weighted by Gasteiger charge is 2.30. The summed E-state index contributed by atoms with van der Waals surface area (Å²) in [5.41, 5.74) is 1.10. The molecule has 2 rings (SSSR count). The van der Waals surface area contributed by atoms with Crippen molar-refractivity contribution in [3.8, 4) is 0 Å². The fourth-order valence-corrected chi connectivity index (χ4v) is 3.39. The molecule has 0 N–H and O–H groups in total. The Labute approximate surface area is 221 Å². The molecule has 204 valence electrons. The van der Waals surface area contributed by atoms with Gasteiger partial charge in [-0.25, -0.2) is 19.6 Å². The predicted octanol–water partition coefficient (Wildman–Crippen LogP) is 9.53. The largest absolute Gasteiger partial charge is 0.232 e. The summed E-state index contributed by atoms with van der Waals surface area (Å²) in [5, 5.41) is 0. The van der Waals surface area contributed by atoms with E-state index in [1.165, 1.54) is 19.3 Å². The van der Waals surface area contributed by atoms with Crippen LogP contribution < -0.4 is 0 Å². The van der Waals surface area contributed by atoms with Gasteiger partial charge in [0.2, 0.25) is 0 Å². The average Bonchev–Trinajstić information content (AvgIpc) is 2.80. The smallest absolute Gasteiger partial charge is 0.123 e. The number of hydrogen-bond acceptors (Lipinski definition) is 4. The van der Waals surface area contributed by atoms with Crippen molar-refractivity contribution >= 4 is 0 Å². The van der Waals surface area contributed by atoms with Gasteiger partial charge in [0, 0.05) is 0 Å². The molecule has 4 heteroatoms. The van der Waals surface area contributed by atoms with Crippen LogP contribution in [0.4, 0.5) is 0 Å². The van der Waals surface area contributed by atoms with Crippen molar-refractivity contribution in [1.82, 2.24) is 0 Å². The molecule has 2 aromatic carbocycles. The Balaban J connectivity index is 0.000000371. The number of hydrogen-bond donors (Lipinski definition) is 0. The van der Waals surface area contributed by atoms with Crippen molar-refractivity contribution in [2.45, 2.75) is 125 Å². The second-order valence-electron chi connectivity index (χ2n) is 12.6. The highest BCUT2D eigenvalue weighted by molar-refractivity contribution is 5.22. The molecular formula is C32H52O4. The molecule has 0 aliphatic carbocycles. The van der Waals surface area contributed by atoms with E-state index in [1.807, 2.05) is 109 Å². The van der Waals surface area contributed by atoms with Crippen LogP contribution in [0.1, 0.15) is 113 Å². The molecule has 0 aromatic heterocycles. The summed E-state index contributed by atoms with van der Waals surface area (Å²) in [7, 11) is 0. The molecule has 1 atom stereocenters. The fourth-order valence-electron chi connectivity index (χ4n) is 3.39. The van der Waals surface area contributed by atoms with Crippen LogP contribution in [0.2, 0.25) is 0 Å². The Hall–Kier alpha value is -1.72. The van der Waals surface area contributed by atoms with E-state index in [2.05, 4.69) is 27.7 Å². The second kappa shape index (κ2) is 14.3. The first-order valence-corrected chi connectivity index (χ1v) is 13.4. The first-order valence-electron chi connectivity index (χ1n) is 13.4. The van der Waals surface area contributed by atoms with Crippen LogP contribution in [0.3, 0.4) is 0 Å². The Morgan fingerprint density at radius 3 is 1.33 bits per heavy atom. The highest BCUT2D eigenvalue weighted by Crippen LogP contribution is 2.31. The van der Waals surface area contributed by atoms with E-state index in [-0.39, 0.29) is 17.1 Å². The van der Waals surface area contributed by atoms with Gasteiger partial charge in [0.05, 0.1) is 11.7 Å². The summed E-state index contributed by atoms with van der Waals surface area (Å²) < 4.78 is 0. The second-order valence-corrected chi connectivity index (χ2v) is 12.6. The normalized spacial score (nSPS) is 13.6. The zero-order valence-electron chi connectivity index (χ0n) is 24.8. The van der Waals surface area contributed by atoms with Gasteiger partial charge in [-0.15, -0.1) is 0 Å². The molecule has 0 saturated heterocycles. The summed E-state index contributed by atoms with van der Waals surface area (Å²) in [5.74, 6) is 0. The van der Waals surface area contributed by atoms with Crippen LogP contribution in [0.25, 0.3) is 0 Å². The van der Waals surface area contributed by atoms with Crippen molar-refractivity contribution in [1.29, 1.82) is 0 Å². The van der Waals surface area contributed by atoms with E-state index < -0.39 is 11.2 Å². The van der Waals surface area contributed by atoms with Crippen LogP contribution in [-0.2, 0) is 30.8 Å². The lowest BCUT2D eigenvalue weighted by Crippen LogP contribution is -2.33. The Morgan fingerprint density at radius 2 is 1.00 bits per heavy atom. The van der Waals surface area contributed by atoms with Gasteiger partial charge in [-0.05, 0) is 71.4 Å². The first-order chi connectivity index (χ1) is 16.6. The summed E-state index contributed by atoms with van der Waals surface area (Å²) in [4.78, 5) is 22.5. The molecule has 2 aromatic rings. The summed E-state index contributed by atoms with van der Waals surface area (Å²) in [6.45, 7) is 22.9. The van der Waals surface area contributed by atoms with Gasteiger partial charge in [0.25, 0.3) is 0 Å². The summed E-state index contributed by atoms with van der Waals surface area (Å²) in [6, 6.07) is 20.2. The van der Waals surface area contributed by atoms with E-state index in [0.717, 1.165) is 17.5 Å². The molecule has 1 unspecified atom stereocenters.